The molecule has 0 aliphatic heterocycles. The molecule has 1 unspecified atom stereocenters. The quantitative estimate of drug-likeness (QED) is 0.674. The van der Waals surface area contributed by atoms with E-state index in [2.05, 4.69) is 5.32 Å². The van der Waals surface area contributed by atoms with Crippen molar-refractivity contribution in [2.24, 2.45) is 0 Å². The number of nitrogens with one attached hydrogen (secondary N) is 1. The zero-order chi connectivity index (χ0) is 20.7. The van der Waals surface area contributed by atoms with Crippen molar-refractivity contribution >= 4 is 29.2 Å². The lowest BCUT2D eigenvalue weighted by molar-refractivity contribution is -0.152. The second-order valence-corrected chi connectivity index (χ2v) is 6.26. The lowest BCUT2D eigenvalue weighted by atomic mass is 10.1. The lowest BCUT2D eigenvalue weighted by Gasteiger charge is -2.16. The molecular weight excluding hydrogens is 386 g/mol. The first-order valence-electron chi connectivity index (χ1n) is 8.42. The zero-order valence-corrected chi connectivity index (χ0v) is 16.8. The summed E-state index contributed by atoms with van der Waals surface area (Å²) in [5.74, 6) is 0.480. The van der Waals surface area contributed by atoms with E-state index in [9.17, 15) is 9.59 Å². The average molecular weight is 408 g/mol. The Morgan fingerprint density at radius 2 is 1.71 bits per heavy atom. The van der Waals surface area contributed by atoms with Gasteiger partial charge >= 0.3 is 5.97 Å². The molecule has 2 aromatic carbocycles. The summed E-state index contributed by atoms with van der Waals surface area (Å²) in [6, 6.07) is 9.92. The number of carbonyl (C=O) groups excluding carboxylic acids is 2. The Bertz CT molecular complexity index is 855. The predicted molar refractivity (Wildman–Crippen MR) is 105 cm³/mol. The summed E-state index contributed by atoms with van der Waals surface area (Å²) >= 11 is 5.95. The lowest BCUT2D eigenvalue weighted by Crippen LogP contribution is -2.30. The molecule has 0 heterocycles. The Balaban J connectivity index is 2.00. The molecule has 0 saturated carbocycles. The van der Waals surface area contributed by atoms with E-state index in [1.807, 2.05) is 0 Å². The first kappa shape index (κ1) is 21.4. The van der Waals surface area contributed by atoms with Crippen molar-refractivity contribution in [1.82, 2.24) is 0 Å². The summed E-state index contributed by atoms with van der Waals surface area (Å²) in [5, 5.41) is 3.08. The minimum Gasteiger partial charge on any atom is -0.497 e. The van der Waals surface area contributed by atoms with Crippen molar-refractivity contribution in [3.8, 4) is 17.2 Å². The van der Waals surface area contributed by atoms with Crippen molar-refractivity contribution < 1.29 is 28.5 Å². The first-order chi connectivity index (χ1) is 13.4. The molecule has 8 heteroatoms. The molecule has 7 nitrogen and oxygen atoms in total. The molecule has 1 amide bonds. The highest BCUT2D eigenvalue weighted by Crippen LogP contribution is 2.28. The molecule has 1 atom stereocenters. The summed E-state index contributed by atoms with van der Waals surface area (Å²) in [5.41, 5.74) is 1.01. The molecule has 150 valence electrons. The predicted octanol–water partition coefficient (Wildman–Crippen LogP) is 3.48. The normalized spacial score (nSPS) is 11.3. The fraction of sp³-hybridized carbons (Fsp3) is 0.300. The highest BCUT2D eigenvalue weighted by atomic mass is 35.5. The SMILES string of the molecule is COc1ccc(CC(=O)OC(C)C(=O)Nc2cc(Cl)ccc2OC)c(OC)c1. The van der Waals surface area contributed by atoms with E-state index in [0.29, 0.717) is 33.5 Å². The number of halogens is 1. The van der Waals surface area contributed by atoms with E-state index in [0.717, 1.165) is 0 Å². The molecule has 0 fully saturated rings. The molecule has 0 spiro atoms. The number of hydrogen-bond acceptors (Lipinski definition) is 6. The van der Waals surface area contributed by atoms with Gasteiger partial charge in [-0.25, -0.2) is 0 Å². The van der Waals surface area contributed by atoms with E-state index in [1.165, 1.54) is 28.3 Å². The molecule has 0 saturated heterocycles. The van der Waals surface area contributed by atoms with Gasteiger partial charge in [0.1, 0.15) is 17.2 Å². The van der Waals surface area contributed by atoms with Crippen LogP contribution < -0.4 is 19.5 Å². The summed E-state index contributed by atoms with van der Waals surface area (Å²) in [7, 11) is 4.51. The number of anilines is 1. The van der Waals surface area contributed by atoms with Crippen LogP contribution >= 0.6 is 11.6 Å². The Labute approximate surface area is 168 Å². The second-order valence-electron chi connectivity index (χ2n) is 5.82. The van der Waals surface area contributed by atoms with Gasteiger partial charge in [-0.15, -0.1) is 0 Å². The molecule has 0 aromatic heterocycles. The molecular formula is C20H22ClNO6. The minimum absolute atomic E-state index is 0.0503. The van der Waals surface area contributed by atoms with Crippen LogP contribution in [0.15, 0.2) is 36.4 Å². The van der Waals surface area contributed by atoms with Crippen LogP contribution in [0.2, 0.25) is 5.02 Å². The third kappa shape index (κ3) is 5.53. The molecule has 0 radical (unpaired) electrons. The van der Waals surface area contributed by atoms with Gasteiger partial charge in [0.15, 0.2) is 6.10 Å². The van der Waals surface area contributed by atoms with Crippen LogP contribution in [0, 0.1) is 0 Å². The first-order valence-corrected chi connectivity index (χ1v) is 8.80. The van der Waals surface area contributed by atoms with Crippen LogP contribution in [0.5, 0.6) is 17.2 Å². The van der Waals surface area contributed by atoms with Gasteiger partial charge in [-0.2, -0.15) is 0 Å². The number of carbonyl (C=O) groups is 2. The molecule has 0 bridgehead atoms. The molecule has 28 heavy (non-hydrogen) atoms. The molecule has 0 aliphatic rings. The number of methoxy groups -OCH3 is 3. The van der Waals surface area contributed by atoms with Gasteiger partial charge in [0.25, 0.3) is 5.91 Å². The number of ether oxygens (including phenoxy) is 4. The largest absolute Gasteiger partial charge is 0.497 e. The van der Waals surface area contributed by atoms with Gasteiger partial charge in [0, 0.05) is 16.7 Å². The van der Waals surface area contributed by atoms with Crippen molar-refractivity contribution in [2.75, 3.05) is 26.6 Å². The maximum absolute atomic E-state index is 12.4. The maximum Gasteiger partial charge on any atom is 0.311 e. The maximum atomic E-state index is 12.4. The van der Waals surface area contributed by atoms with Crippen LogP contribution in [0.3, 0.4) is 0 Å². The van der Waals surface area contributed by atoms with Crippen LogP contribution in [0.4, 0.5) is 5.69 Å². The zero-order valence-electron chi connectivity index (χ0n) is 16.1. The van der Waals surface area contributed by atoms with Gasteiger partial charge in [-0.3, -0.25) is 9.59 Å². The van der Waals surface area contributed by atoms with E-state index < -0.39 is 18.0 Å². The second kappa shape index (κ2) is 9.85. The Morgan fingerprint density at radius 1 is 1.00 bits per heavy atom. The minimum atomic E-state index is -1.01. The monoisotopic (exact) mass is 407 g/mol. The molecule has 0 aliphatic carbocycles. The van der Waals surface area contributed by atoms with Crippen molar-refractivity contribution in [3.05, 3.63) is 47.0 Å². The topological polar surface area (TPSA) is 83.1 Å². The Kier molecular flexibility index (Phi) is 7.52. The van der Waals surface area contributed by atoms with Crippen LogP contribution in [0.25, 0.3) is 0 Å². The third-order valence-electron chi connectivity index (χ3n) is 3.93. The van der Waals surface area contributed by atoms with Gasteiger partial charge in [0.2, 0.25) is 0 Å². The van der Waals surface area contributed by atoms with Gasteiger partial charge in [-0.05, 0) is 31.2 Å². The highest BCUT2D eigenvalue weighted by molar-refractivity contribution is 6.31. The van der Waals surface area contributed by atoms with Crippen LogP contribution in [0.1, 0.15) is 12.5 Å². The van der Waals surface area contributed by atoms with E-state index in [1.54, 1.807) is 36.4 Å². The fourth-order valence-electron chi connectivity index (χ4n) is 2.46. The Hall–Kier alpha value is -2.93. The average Bonchev–Trinajstić information content (AvgIpc) is 2.68. The van der Waals surface area contributed by atoms with Crippen molar-refractivity contribution in [2.45, 2.75) is 19.4 Å². The number of esters is 1. The van der Waals surface area contributed by atoms with E-state index >= 15 is 0 Å². The number of hydrogen-bond donors (Lipinski definition) is 1. The van der Waals surface area contributed by atoms with Gasteiger partial charge in [0.05, 0.1) is 33.4 Å². The highest BCUT2D eigenvalue weighted by Gasteiger charge is 2.20. The number of amides is 1. The molecule has 2 aromatic rings. The third-order valence-corrected chi connectivity index (χ3v) is 4.16. The summed E-state index contributed by atoms with van der Waals surface area (Å²) in [4.78, 5) is 24.6. The number of rotatable bonds is 8. The summed E-state index contributed by atoms with van der Waals surface area (Å²) in [6.07, 6.45) is -1.06. The summed E-state index contributed by atoms with van der Waals surface area (Å²) < 4.78 is 20.8. The Morgan fingerprint density at radius 3 is 2.36 bits per heavy atom. The van der Waals surface area contributed by atoms with Crippen molar-refractivity contribution in [3.63, 3.8) is 0 Å². The van der Waals surface area contributed by atoms with E-state index in [-0.39, 0.29) is 6.42 Å². The van der Waals surface area contributed by atoms with Crippen LogP contribution in [-0.4, -0.2) is 39.3 Å². The van der Waals surface area contributed by atoms with Crippen LogP contribution in [-0.2, 0) is 20.7 Å². The summed E-state index contributed by atoms with van der Waals surface area (Å²) in [6.45, 7) is 1.48. The molecule has 2 rings (SSSR count). The fourth-order valence-corrected chi connectivity index (χ4v) is 2.63. The van der Waals surface area contributed by atoms with Gasteiger partial charge < -0.3 is 24.3 Å². The smallest absolute Gasteiger partial charge is 0.311 e. The van der Waals surface area contributed by atoms with Gasteiger partial charge in [-0.1, -0.05) is 17.7 Å². The standard InChI is InChI=1S/C20H22ClNO6/c1-12(20(24)22-16-10-14(21)6-8-17(16)26-3)28-19(23)9-13-5-7-15(25-2)11-18(13)27-4/h5-8,10-12H,9H2,1-4H3,(H,22,24). The molecule has 1 N–H and O–H groups in total. The van der Waals surface area contributed by atoms with Crippen molar-refractivity contribution in [1.29, 1.82) is 0 Å². The van der Waals surface area contributed by atoms with E-state index in [4.69, 9.17) is 30.5 Å². The number of benzene rings is 2.